The van der Waals surface area contributed by atoms with Crippen LogP contribution in [0.3, 0.4) is 0 Å². The van der Waals surface area contributed by atoms with Gasteiger partial charge in [0.15, 0.2) is 5.96 Å². The van der Waals surface area contributed by atoms with Gasteiger partial charge in [0.25, 0.3) is 0 Å². The maximum Gasteiger partial charge on any atom is 0.193 e. The predicted octanol–water partition coefficient (Wildman–Crippen LogP) is 3.81. The first-order chi connectivity index (χ1) is 13.5. The molecule has 1 aromatic rings. The van der Waals surface area contributed by atoms with Crippen molar-refractivity contribution in [3.8, 4) is 0 Å². The molecule has 0 aliphatic carbocycles. The maximum atomic E-state index is 6.13. The van der Waals surface area contributed by atoms with Crippen molar-refractivity contribution in [3.05, 3.63) is 33.8 Å². The van der Waals surface area contributed by atoms with E-state index < -0.39 is 0 Å². The van der Waals surface area contributed by atoms with Gasteiger partial charge in [-0.2, -0.15) is 0 Å². The van der Waals surface area contributed by atoms with E-state index >= 15 is 0 Å². The van der Waals surface area contributed by atoms with E-state index in [0.29, 0.717) is 10.0 Å². The van der Waals surface area contributed by atoms with E-state index in [1.54, 1.807) is 0 Å². The summed E-state index contributed by atoms with van der Waals surface area (Å²) in [5.41, 5.74) is 1.12. The van der Waals surface area contributed by atoms with Gasteiger partial charge in [-0.1, -0.05) is 36.2 Å². The summed E-state index contributed by atoms with van der Waals surface area (Å²) in [6.45, 7) is 14.0. The standard InChI is InChI=1S/C21H35Cl2N5/c1-4-24-21(26(3)17-18-8-9-19(22)20(23)16-18)25-10-6-7-11-28-14-12-27(5-2)13-15-28/h8-9,16H,4-7,10-15,17H2,1-3H3,(H,24,25). The molecule has 0 aromatic heterocycles. The first kappa shape index (κ1) is 23.3. The van der Waals surface area contributed by atoms with Crippen LogP contribution in [0.2, 0.25) is 10.0 Å². The molecule has 1 aliphatic rings. The monoisotopic (exact) mass is 427 g/mol. The van der Waals surface area contributed by atoms with E-state index in [1.165, 1.54) is 45.7 Å². The first-order valence-corrected chi connectivity index (χ1v) is 11.2. The summed E-state index contributed by atoms with van der Waals surface area (Å²) < 4.78 is 0. The minimum absolute atomic E-state index is 0.588. The third-order valence-corrected chi connectivity index (χ3v) is 5.90. The van der Waals surface area contributed by atoms with Crippen LogP contribution in [0.1, 0.15) is 32.3 Å². The minimum Gasteiger partial charge on any atom is -0.357 e. The van der Waals surface area contributed by atoms with E-state index in [1.807, 2.05) is 18.2 Å². The molecule has 2 rings (SSSR count). The molecule has 1 aliphatic heterocycles. The van der Waals surface area contributed by atoms with Gasteiger partial charge in [-0.05, 0) is 50.6 Å². The summed E-state index contributed by atoms with van der Waals surface area (Å²) in [7, 11) is 2.05. The number of nitrogens with zero attached hydrogens (tertiary/aromatic N) is 4. The molecule has 0 spiro atoms. The number of benzene rings is 1. The van der Waals surface area contributed by atoms with Crippen LogP contribution in [0.5, 0.6) is 0 Å². The van der Waals surface area contributed by atoms with Gasteiger partial charge in [0.1, 0.15) is 0 Å². The van der Waals surface area contributed by atoms with Crippen LogP contribution in [0.25, 0.3) is 0 Å². The van der Waals surface area contributed by atoms with Crippen molar-refractivity contribution in [1.82, 2.24) is 20.0 Å². The highest BCUT2D eigenvalue weighted by molar-refractivity contribution is 6.42. The topological polar surface area (TPSA) is 34.1 Å². The van der Waals surface area contributed by atoms with Crippen LogP contribution < -0.4 is 5.32 Å². The highest BCUT2D eigenvalue weighted by Gasteiger charge is 2.14. The molecule has 0 atom stereocenters. The van der Waals surface area contributed by atoms with Crippen LogP contribution in [-0.2, 0) is 6.54 Å². The first-order valence-electron chi connectivity index (χ1n) is 10.4. The van der Waals surface area contributed by atoms with Crippen molar-refractivity contribution >= 4 is 29.2 Å². The van der Waals surface area contributed by atoms with Crippen molar-refractivity contribution in [2.75, 3.05) is 59.4 Å². The van der Waals surface area contributed by atoms with Crippen molar-refractivity contribution in [3.63, 3.8) is 0 Å². The van der Waals surface area contributed by atoms with Crippen molar-refractivity contribution in [2.45, 2.75) is 33.2 Å². The molecule has 0 saturated carbocycles. The number of rotatable bonds is 9. The lowest BCUT2D eigenvalue weighted by Crippen LogP contribution is -2.46. The molecular weight excluding hydrogens is 393 g/mol. The lowest BCUT2D eigenvalue weighted by atomic mass is 10.2. The smallest absolute Gasteiger partial charge is 0.193 e. The number of aliphatic imine (C=N–C) groups is 1. The molecule has 0 amide bonds. The molecule has 0 radical (unpaired) electrons. The van der Waals surface area contributed by atoms with Crippen LogP contribution in [-0.4, -0.2) is 80.1 Å². The average Bonchev–Trinajstić information content (AvgIpc) is 2.70. The van der Waals surface area contributed by atoms with Crippen LogP contribution in [0.15, 0.2) is 23.2 Å². The molecular formula is C21H35Cl2N5. The fraction of sp³-hybridized carbons (Fsp3) is 0.667. The average molecular weight is 428 g/mol. The van der Waals surface area contributed by atoms with Crippen LogP contribution in [0.4, 0.5) is 0 Å². The number of halogens is 2. The fourth-order valence-corrected chi connectivity index (χ4v) is 3.74. The molecule has 1 heterocycles. The molecule has 1 N–H and O–H groups in total. The normalized spacial score (nSPS) is 16.4. The van der Waals surface area contributed by atoms with Gasteiger partial charge in [-0.3, -0.25) is 4.99 Å². The Balaban J connectivity index is 1.75. The molecule has 1 aromatic carbocycles. The SMILES string of the molecule is CCNC(=NCCCCN1CCN(CC)CC1)N(C)Cc1ccc(Cl)c(Cl)c1. The number of hydrogen-bond donors (Lipinski definition) is 1. The highest BCUT2D eigenvalue weighted by Crippen LogP contribution is 2.23. The predicted molar refractivity (Wildman–Crippen MR) is 122 cm³/mol. The summed E-state index contributed by atoms with van der Waals surface area (Å²) in [5, 5.41) is 4.56. The van der Waals surface area contributed by atoms with Gasteiger partial charge in [-0.15, -0.1) is 0 Å². The van der Waals surface area contributed by atoms with Gasteiger partial charge in [0, 0.05) is 52.9 Å². The van der Waals surface area contributed by atoms with Crippen molar-refractivity contribution in [1.29, 1.82) is 0 Å². The second kappa shape index (κ2) is 12.5. The van der Waals surface area contributed by atoms with Crippen LogP contribution >= 0.6 is 23.2 Å². The zero-order valence-corrected chi connectivity index (χ0v) is 19.1. The number of piperazine rings is 1. The number of nitrogens with one attached hydrogen (secondary N) is 1. The summed E-state index contributed by atoms with van der Waals surface area (Å²) >= 11 is 12.1. The van der Waals surface area contributed by atoms with E-state index in [0.717, 1.165) is 37.6 Å². The quantitative estimate of drug-likeness (QED) is 0.369. The Morgan fingerprint density at radius 3 is 2.43 bits per heavy atom. The van der Waals surface area contributed by atoms with Gasteiger partial charge in [-0.25, -0.2) is 0 Å². The number of likely N-dealkylation sites (N-methyl/N-ethyl adjacent to an activating group) is 1. The van der Waals surface area contributed by atoms with E-state index in [4.69, 9.17) is 28.2 Å². The van der Waals surface area contributed by atoms with E-state index in [2.05, 4.69) is 40.9 Å². The molecule has 28 heavy (non-hydrogen) atoms. The zero-order chi connectivity index (χ0) is 20.4. The van der Waals surface area contributed by atoms with Gasteiger partial charge in [0.05, 0.1) is 10.0 Å². The third-order valence-electron chi connectivity index (χ3n) is 5.16. The molecule has 7 heteroatoms. The van der Waals surface area contributed by atoms with Gasteiger partial charge in [0.2, 0.25) is 0 Å². The fourth-order valence-electron chi connectivity index (χ4n) is 3.42. The number of hydrogen-bond acceptors (Lipinski definition) is 3. The Hall–Kier alpha value is -1.01. The summed E-state index contributed by atoms with van der Waals surface area (Å²) in [6, 6.07) is 5.77. The molecule has 0 unspecified atom stereocenters. The van der Waals surface area contributed by atoms with Gasteiger partial charge >= 0.3 is 0 Å². The number of unbranched alkanes of at least 4 members (excludes halogenated alkanes) is 1. The molecule has 158 valence electrons. The Morgan fingerprint density at radius 2 is 1.79 bits per heavy atom. The molecule has 1 fully saturated rings. The Morgan fingerprint density at radius 1 is 1.07 bits per heavy atom. The van der Waals surface area contributed by atoms with Crippen molar-refractivity contribution in [2.24, 2.45) is 4.99 Å². The Bertz CT molecular complexity index is 615. The second-order valence-corrected chi connectivity index (χ2v) is 8.14. The second-order valence-electron chi connectivity index (χ2n) is 7.32. The van der Waals surface area contributed by atoms with Crippen LogP contribution in [0, 0.1) is 0 Å². The zero-order valence-electron chi connectivity index (χ0n) is 17.6. The Labute approximate surface area is 180 Å². The summed E-state index contributed by atoms with van der Waals surface area (Å²) in [4.78, 5) is 12.0. The lowest BCUT2D eigenvalue weighted by molar-refractivity contribution is 0.136. The maximum absolute atomic E-state index is 6.13. The van der Waals surface area contributed by atoms with Crippen molar-refractivity contribution < 1.29 is 0 Å². The number of guanidine groups is 1. The molecule has 5 nitrogen and oxygen atoms in total. The summed E-state index contributed by atoms with van der Waals surface area (Å²) in [6.07, 6.45) is 2.31. The molecule has 0 bridgehead atoms. The third kappa shape index (κ3) is 7.78. The van der Waals surface area contributed by atoms with Gasteiger partial charge < -0.3 is 20.0 Å². The lowest BCUT2D eigenvalue weighted by Gasteiger charge is -2.33. The Kier molecular flexibility index (Phi) is 10.4. The van der Waals surface area contributed by atoms with E-state index in [9.17, 15) is 0 Å². The molecule has 1 saturated heterocycles. The highest BCUT2D eigenvalue weighted by atomic mass is 35.5. The summed E-state index contributed by atoms with van der Waals surface area (Å²) in [5.74, 6) is 0.935. The largest absolute Gasteiger partial charge is 0.357 e. The minimum atomic E-state index is 0.588. The van der Waals surface area contributed by atoms with E-state index in [-0.39, 0.29) is 0 Å².